The van der Waals surface area contributed by atoms with Crippen LogP contribution in [0.4, 0.5) is 5.69 Å². The quantitative estimate of drug-likeness (QED) is 0.293. The second-order valence-electron chi connectivity index (χ2n) is 6.45. The van der Waals surface area contributed by atoms with E-state index >= 15 is 0 Å². The first-order valence-corrected chi connectivity index (χ1v) is 11.1. The van der Waals surface area contributed by atoms with E-state index in [9.17, 15) is 5.11 Å². The summed E-state index contributed by atoms with van der Waals surface area (Å²) in [4.78, 5) is 0. The van der Waals surface area contributed by atoms with Crippen LogP contribution in [0, 0.1) is 0 Å². The summed E-state index contributed by atoms with van der Waals surface area (Å²) in [5.41, 5.74) is 2.08. The summed E-state index contributed by atoms with van der Waals surface area (Å²) < 4.78 is 11.7. The zero-order chi connectivity index (χ0) is 22.5. The molecule has 0 heterocycles. The molecule has 0 fully saturated rings. The second kappa shape index (κ2) is 10.8. The number of hydrogen-bond donors (Lipinski definition) is 2. The summed E-state index contributed by atoms with van der Waals surface area (Å²) in [5.74, 6) is 0.849. The fraction of sp³-hybridized carbons (Fsp3) is 0.182. The number of rotatable bonds is 8. The molecule has 4 nitrogen and oxygen atoms in total. The molecule has 3 aromatic carbocycles. The van der Waals surface area contributed by atoms with Crippen molar-refractivity contribution < 1.29 is 14.6 Å². The zero-order valence-corrected chi connectivity index (χ0v) is 20.1. The van der Waals surface area contributed by atoms with E-state index in [0.29, 0.717) is 51.0 Å². The first kappa shape index (κ1) is 24.0. The standard InChI is InChI=1S/C22H18Cl5NO3/c1-2-30-20-6-12(10-28-13-7-18(26)22(29)19(27)8-13)17(25)9-21(20)31-11-14-15(23)4-3-5-16(14)24/h3-9,28-29H,2,10-11H2,1H3. The van der Waals surface area contributed by atoms with E-state index in [2.05, 4.69) is 5.32 Å². The number of phenolic OH excluding ortho intramolecular Hbond substituents is 1. The summed E-state index contributed by atoms with van der Waals surface area (Å²) in [6, 6.07) is 11.9. The van der Waals surface area contributed by atoms with Crippen LogP contribution < -0.4 is 14.8 Å². The first-order valence-electron chi connectivity index (χ1n) is 9.23. The molecule has 0 amide bonds. The highest BCUT2D eigenvalue weighted by Gasteiger charge is 2.14. The predicted molar refractivity (Wildman–Crippen MR) is 129 cm³/mol. The van der Waals surface area contributed by atoms with Gasteiger partial charge in [0.05, 0.1) is 16.7 Å². The lowest BCUT2D eigenvalue weighted by molar-refractivity contribution is 0.269. The van der Waals surface area contributed by atoms with Gasteiger partial charge in [-0.05, 0) is 42.8 Å². The molecule has 0 bridgehead atoms. The van der Waals surface area contributed by atoms with Gasteiger partial charge in [0.15, 0.2) is 17.2 Å². The van der Waals surface area contributed by atoms with Crippen LogP contribution in [0.15, 0.2) is 42.5 Å². The Morgan fingerprint density at radius 1 is 0.806 bits per heavy atom. The SMILES string of the molecule is CCOc1cc(CNc2cc(Cl)c(O)c(Cl)c2)c(Cl)cc1OCc1c(Cl)cccc1Cl. The van der Waals surface area contributed by atoms with E-state index in [1.807, 2.05) is 6.92 Å². The van der Waals surface area contributed by atoms with Crippen molar-refractivity contribution in [2.45, 2.75) is 20.1 Å². The molecule has 0 saturated heterocycles. The Bertz CT molecular complexity index is 1050. The molecule has 31 heavy (non-hydrogen) atoms. The van der Waals surface area contributed by atoms with Crippen molar-refractivity contribution in [1.82, 2.24) is 0 Å². The number of anilines is 1. The third kappa shape index (κ3) is 5.97. The van der Waals surface area contributed by atoms with Crippen LogP contribution in [0.5, 0.6) is 17.2 Å². The van der Waals surface area contributed by atoms with Gasteiger partial charge >= 0.3 is 0 Å². The maximum absolute atomic E-state index is 9.69. The maximum atomic E-state index is 9.69. The van der Waals surface area contributed by atoms with Gasteiger partial charge in [0, 0.05) is 38.9 Å². The topological polar surface area (TPSA) is 50.7 Å². The lowest BCUT2D eigenvalue weighted by Crippen LogP contribution is -2.04. The van der Waals surface area contributed by atoms with Crippen LogP contribution in [0.1, 0.15) is 18.1 Å². The Kier molecular flexibility index (Phi) is 8.31. The number of halogens is 5. The minimum atomic E-state index is -0.161. The fourth-order valence-electron chi connectivity index (χ4n) is 2.78. The Morgan fingerprint density at radius 3 is 2.03 bits per heavy atom. The number of benzene rings is 3. The maximum Gasteiger partial charge on any atom is 0.163 e. The van der Waals surface area contributed by atoms with Crippen molar-refractivity contribution in [3.05, 3.63) is 78.7 Å². The highest BCUT2D eigenvalue weighted by Crippen LogP contribution is 2.37. The van der Waals surface area contributed by atoms with Crippen LogP contribution >= 0.6 is 58.0 Å². The van der Waals surface area contributed by atoms with E-state index in [4.69, 9.17) is 67.5 Å². The van der Waals surface area contributed by atoms with Crippen LogP contribution in [0.3, 0.4) is 0 Å². The molecular weight excluding hydrogens is 504 g/mol. The second-order valence-corrected chi connectivity index (χ2v) is 8.49. The molecule has 0 atom stereocenters. The van der Waals surface area contributed by atoms with Crippen LogP contribution in [0.25, 0.3) is 0 Å². The van der Waals surface area contributed by atoms with Crippen molar-refractivity contribution in [1.29, 1.82) is 0 Å². The molecule has 0 unspecified atom stereocenters. The molecule has 164 valence electrons. The molecule has 0 aromatic heterocycles. The highest BCUT2D eigenvalue weighted by molar-refractivity contribution is 6.37. The van der Waals surface area contributed by atoms with Gasteiger partial charge in [0.1, 0.15) is 6.61 Å². The third-order valence-corrected chi connectivity index (χ3v) is 5.98. The first-order chi connectivity index (χ1) is 14.8. The van der Waals surface area contributed by atoms with Crippen molar-refractivity contribution in [3.63, 3.8) is 0 Å². The van der Waals surface area contributed by atoms with Crippen molar-refractivity contribution >= 4 is 63.7 Å². The monoisotopic (exact) mass is 519 g/mol. The van der Waals surface area contributed by atoms with E-state index in [1.165, 1.54) is 0 Å². The van der Waals surface area contributed by atoms with E-state index in [-0.39, 0.29) is 22.4 Å². The summed E-state index contributed by atoms with van der Waals surface area (Å²) in [5, 5.41) is 14.7. The molecule has 0 aliphatic rings. The summed E-state index contributed by atoms with van der Waals surface area (Å²) in [7, 11) is 0. The van der Waals surface area contributed by atoms with Crippen molar-refractivity contribution in [2.24, 2.45) is 0 Å². The molecule has 0 spiro atoms. The van der Waals surface area contributed by atoms with E-state index in [0.717, 1.165) is 5.56 Å². The lowest BCUT2D eigenvalue weighted by Gasteiger charge is -2.16. The van der Waals surface area contributed by atoms with Gasteiger partial charge in [0.25, 0.3) is 0 Å². The molecule has 9 heteroatoms. The van der Waals surface area contributed by atoms with Gasteiger partial charge in [-0.3, -0.25) is 0 Å². The summed E-state index contributed by atoms with van der Waals surface area (Å²) >= 11 is 30.9. The zero-order valence-electron chi connectivity index (χ0n) is 16.3. The normalized spacial score (nSPS) is 10.8. The van der Waals surface area contributed by atoms with Crippen LogP contribution in [-0.2, 0) is 13.2 Å². The number of nitrogens with one attached hydrogen (secondary N) is 1. The van der Waals surface area contributed by atoms with Crippen LogP contribution in [0.2, 0.25) is 25.1 Å². The number of ether oxygens (including phenoxy) is 2. The molecule has 3 aromatic rings. The van der Waals surface area contributed by atoms with Gasteiger partial charge in [-0.15, -0.1) is 0 Å². The summed E-state index contributed by atoms with van der Waals surface area (Å²) in [6.45, 7) is 2.85. The van der Waals surface area contributed by atoms with Gasteiger partial charge in [-0.1, -0.05) is 64.1 Å². The van der Waals surface area contributed by atoms with Gasteiger partial charge in [-0.25, -0.2) is 0 Å². The Balaban J connectivity index is 1.80. The predicted octanol–water partition coefficient (Wildman–Crippen LogP) is 8.25. The molecular formula is C22H18Cl5NO3. The minimum absolute atomic E-state index is 0.151. The Labute approximate surface area is 205 Å². The average Bonchev–Trinajstić information content (AvgIpc) is 2.72. The Hall–Kier alpha value is -1.69. The highest BCUT2D eigenvalue weighted by atomic mass is 35.5. The van der Waals surface area contributed by atoms with Crippen molar-refractivity contribution in [2.75, 3.05) is 11.9 Å². The molecule has 0 saturated carbocycles. The fourth-order valence-corrected chi connectivity index (χ4v) is 3.99. The lowest BCUT2D eigenvalue weighted by atomic mass is 10.2. The van der Waals surface area contributed by atoms with Gasteiger partial charge in [-0.2, -0.15) is 0 Å². The van der Waals surface area contributed by atoms with Crippen molar-refractivity contribution in [3.8, 4) is 17.2 Å². The summed E-state index contributed by atoms with van der Waals surface area (Å²) in [6.07, 6.45) is 0. The Morgan fingerprint density at radius 2 is 1.42 bits per heavy atom. The molecule has 0 aliphatic heterocycles. The third-order valence-electron chi connectivity index (χ3n) is 4.35. The molecule has 0 aliphatic carbocycles. The van der Waals surface area contributed by atoms with Gasteiger partial charge in [0.2, 0.25) is 0 Å². The minimum Gasteiger partial charge on any atom is -0.505 e. The van der Waals surface area contributed by atoms with E-state index < -0.39 is 0 Å². The molecule has 0 radical (unpaired) electrons. The number of phenols is 1. The molecule has 2 N–H and O–H groups in total. The average molecular weight is 522 g/mol. The number of hydrogen-bond acceptors (Lipinski definition) is 4. The van der Waals surface area contributed by atoms with Crippen LogP contribution in [-0.4, -0.2) is 11.7 Å². The largest absolute Gasteiger partial charge is 0.505 e. The molecule has 3 rings (SSSR count). The number of aromatic hydroxyl groups is 1. The van der Waals surface area contributed by atoms with Gasteiger partial charge < -0.3 is 19.9 Å². The van der Waals surface area contributed by atoms with E-state index in [1.54, 1.807) is 42.5 Å². The smallest absolute Gasteiger partial charge is 0.163 e.